The van der Waals surface area contributed by atoms with Gasteiger partial charge in [-0.15, -0.1) is 0 Å². The van der Waals surface area contributed by atoms with Gasteiger partial charge in [-0.3, -0.25) is 0 Å². The molecule has 4 N–H and O–H groups in total. The second-order valence-electron chi connectivity index (χ2n) is 3.89. The standard InChI is InChI=1S/C10H20N2.C2H6/c1-7(2)8(3)6-10(5,12)9(4)11;1-2/h8H,1,4,6,11-12H2,2-3,5H3;1-2H3. The second-order valence-corrected chi connectivity index (χ2v) is 3.89. The van der Waals surface area contributed by atoms with Crippen molar-refractivity contribution in [1.29, 1.82) is 0 Å². The lowest BCUT2D eigenvalue weighted by Gasteiger charge is -2.28. The Balaban J connectivity index is 0. The first-order chi connectivity index (χ1) is 6.27. The van der Waals surface area contributed by atoms with E-state index in [1.54, 1.807) is 0 Å². The van der Waals surface area contributed by atoms with Gasteiger partial charge in [-0.25, -0.2) is 0 Å². The van der Waals surface area contributed by atoms with Crippen LogP contribution in [0.4, 0.5) is 0 Å². The van der Waals surface area contributed by atoms with E-state index in [0.29, 0.717) is 11.6 Å². The van der Waals surface area contributed by atoms with Crippen LogP contribution in [0.15, 0.2) is 24.4 Å². The summed E-state index contributed by atoms with van der Waals surface area (Å²) in [7, 11) is 0. The molecule has 0 amide bonds. The van der Waals surface area contributed by atoms with Crippen LogP contribution in [-0.4, -0.2) is 5.54 Å². The first-order valence-electron chi connectivity index (χ1n) is 5.16. The van der Waals surface area contributed by atoms with E-state index in [9.17, 15) is 0 Å². The molecular formula is C12H26N2. The number of hydrogen-bond acceptors (Lipinski definition) is 2. The number of rotatable bonds is 4. The summed E-state index contributed by atoms with van der Waals surface area (Å²) in [5.41, 5.74) is 12.7. The molecule has 0 aromatic carbocycles. The summed E-state index contributed by atoms with van der Waals surface area (Å²) in [4.78, 5) is 0. The molecule has 0 aliphatic heterocycles. The van der Waals surface area contributed by atoms with E-state index >= 15 is 0 Å². The van der Waals surface area contributed by atoms with Crippen molar-refractivity contribution in [1.82, 2.24) is 0 Å². The molecular weight excluding hydrogens is 172 g/mol. The maximum absolute atomic E-state index is 5.93. The predicted octanol–water partition coefficient (Wildman–Crippen LogP) is 2.80. The summed E-state index contributed by atoms with van der Waals surface area (Å²) < 4.78 is 0. The normalized spacial score (nSPS) is 15.9. The van der Waals surface area contributed by atoms with Crippen molar-refractivity contribution in [2.24, 2.45) is 17.4 Å². The van der Waals surface area contributed by atoms with Crippen LogP contribution in [0.25, 0.3) is 0 Å². The molecule has 14 heavy (non-hydrogen) atoms. The third-order valence-corrected chi connectivity index (χ3v) is 2.31. The maximum Gasteiger partial charge on any atom is 0.0527 e. The van der Waals surface area contributed by atoms with Crippen molar-refractivity contribution in [2.45, 2.75) is 46.6 Å². The maximum atomic E-state index is 5.93. The highest BCUT2D eigenvalue weighted by Crippen LogP contribution is 2.22. The SMILES string of the molecule is C=C(C)C(C)CC(C)(N)C(=C)N.CC. The Bertz CT molecular complexity index is 192. The Morgan fingerprint density at radius 3 is 1.93 bits per heavy atom. The Hall–Kier alpha value is -0.760. The highest BCUT2D eigenvalue weighted by Gasteiger charge is 2.23. The molecule has 0 aromatic rings. The lowest BCUT2D eigenvalue weighted by atomic mass is 9.86. The molecule has 2 unspecified atom stereocenters. The summed E-state index contributed by atoms with van der Waals surface area (Å²) in [5, 5.41) is 0. The van der Waals surface area contributed by atoms with E-state index in [0.717, 1.165) is 12.0 Å². The van der Waals surface area contributed by atoms with Crippen LogP contribution in [0.1, 0.15) is 41.0 Å². The van der Waals surface area contributed by atoms with E-state index in [-0.39, 0.29) is 0 Å². The van der Waals surface area contributed by atoms with E-state index in [4.69, 9.17) is 11.5 Å². The molecule has 2 nitrogen and oxygen atoms in total. The van der Waals surface area contributed by atoms with E-state index in [2.05, 4.69) is 20.1 Å². The lowest BCUT2D eigenvalue weighted by Crippen LogP contribution is -2.42. The molecule has 0 rings (SSSR count). The highest BCUT2D eigenvalue weighted by molar-refractivity contribution is 5.11. The third kappa shape index (κ3) is 5.81. The van der Waals surface area contributed by atoms with E-state index < -0.39 is 5.54 Å². The molecule has 0 aliphatic rings. The smallest absolute Gasteiger partial charge is 0.0527 e. The first kappa shape index (κ1) is 15.7. The fourth-order valence-electron chi connectivity index (χ4n) is 0.941. The first-order valence-corrected chi connectivity index (χ1v) is 5.16. The van der Waals surface area contributed by atoms with Crippen LogP contribution in [0, 0.1) is 5.92 Å². The van der Waals surface area contributed by atoms with Crippen molar-refractivity contribution < 1.29 is 0 Å². The fraction of sp³-hybridized carbons (Fsp3) is 0.667. The Kier molecular flexibility index (Phi) is 7.47. The van der Waals surface area contributed by atoms with E-state index in [1.807, 2.05) is 27.7 Å². The summed E-state index contributed by atoms with van der Waals surface area (Å²) >= 11 is 0. The molecule has 0 radical (unpaired) electrons. The Morgan fingerprint density at radius 1 is 1.36 bits per heavy atom. The minimum absolute atomic E-state index is 0.389. The molecule has 0 aliphatic carbocycles. The van der Waals surface area contributed by atoms with Crippen molar-refractivity contribution in [3.05, 3.63) is 24.4 Å². The zero-order valence-electron chi connectivity index (χ0n) is 10.4. The topological polar surface area (TPSA) is 52.0 Å². The monoisotopic (exact) mass is 198 g/mol. The molecule has 0 saturated carbocycles. The summed E-state index contributed by atoms with van der Waals surface area (Å²) in [6, 6.07) is 0. The van der Waals surface area contributed by atoms with Crippen LogP contribution >= 0.6 is 0 Å². The average molecular weight is 198 g/mol. The van der Waals surface area contributed by atoms with Gasteiger partial charge in [0.05, 0.1) is 5.54 Å². The zero-order chi connectivity index (χ0) is 11.9. The molecule has 0 spiro atoms. The van der Waals surface area contributed by atoms with Gasteiger partial charge >= 0.3 is 0 Å². The van der Waals surface area contributed by atoms with Gasteiger partial charge in [0, 0.05) is 5.70 Å². The van der Waals surface area contributed by atoms with Gasteiger partial charge in [0.2, 0.25) is 0 Å². The molecule has 0 fully saturated rings. The Labute approximate surface area is 89.1 Å². The van der Waals surface area contributed by atoms with Crippen LogP contribution in [0.2, 0.25) is 0 Å². The summed E-state index contributed by atoms with van der Waals surface area (Å²) in [6.07, 6.45) is 0.803. The van der Waals surface area contributed by atoms with Gasteiger partial charge < -0.3 is 11.5 Å². The van der Waals surface area contributed by atoms with Crippen molar-refractivity contribution in [2.75, 3.05) is 0 Å². The minimum Gasteiger partial charge on any atom is -0.401 e. The van der Waals surface area contributed by atoms with Crippen LogP contribution < -0.4 is 11.5 Å². The number of hydrogen-bond donors (Lipinski definition) is 2. The molecule has 2 heteroatoms. The quantitative estimate of drug-likeness (QED) is 0.682. The molecule has 84 valence electrons. The molecule has 0 saturated heterocycles. The zero-order valence-corrected chi connectivity index (χ0v) is 10.4. The number of allylic oxidation sites excluding steroid dienone is 1. The molecule has 2 atom stereocenters. The van der Waals surface area contributed by atoms with Gasteiger partial charge in [-0.05, 0) is 26.2 Å². The average Bonchev–Trinajstić information content (AvgIpc) is 2.06. The van der Waals surface area contributed by atoms with Gasteiger partial charge in [0.1, 0.15) is 0 Å². The van der Waals surface area contributed by atoms with Crippen molar-refractivity contribution >= 4 is 0 Å². The van der Waals surface area contributed by atoms with E-state index in [1.165, 1.54) is 0 Å². The largest absolute Gasteiger partial charge is 0.401 e. The molecule has 0 heterocycles. The van der Waals surface area contributed by atoms with Crippen molar-refractivity contribution in [3.8, 4) is 0 Å². The van der Waals surface area contributed by atoms with Gasteiger partial charge in [0.25, 0.3) is 0 Å². The second kappa shape index (κ2) is 6.66. The summed E-state index contributed by atoms with van der Waals surface area (Å²) in [6.45, 7) is 17.5. The Morgan fingerprint density at radius 2 is 1.71 bits per heavy atom. The fourth-order valence-corrected chi connectivity index (χ4v) is 0.941. The van der Waals surface area contributed by atoms with Crippen LogP contribution in [0.3, 0.4) is 0 Å². The predicted molar refractivity (Wildman–Crippen MR) is 65.9 cm³/mol. The van der Waals surface area contributed by atoms with Crippen molar-refractivity contribution in [3.63, 3.8) is 0 Å². The van der Waals surface area contributed by atoms with Gasteiger partial charge in [-0.1, -0.05) is 39.5 Å². The van der Waals surface area contributed by atoms with Gasteiger partial charge in [0.15, 0.2) is 0 Å². The summed E-state index contributed by atoms with van der Waals surface area (Å²) in [5.74, 6) is 0.389. The lowest BCUT2D eigenvalue weighted by molar-refractivity contribution is 0.431. The van der Waals surface area contributed by atoms with Crippen LogP contribution in [-0.2, 0) is 0 Å². The highest BCUT2D eigenvalue weighted by atomic mass is 14.8. The van der Waals surface area contributed by atoms with Crippen LogP contribution in [0.5, 0.6) is 0 Å². The minimum atomic E-state index is -0.474. The number of nitrogens with two attached hydrogens (primary N) is 2. The van der Waals surface area contributed by atoms with Gasteiger partial charge in [-0.2, -0.15) is 0 Å². The third-order valence-electron chi connectivity index (χ3n) is 2.31. The molecule has 0 bridgehead atoms. The molecule has 0 aromatic heterocycles.